The van der Waals surface area contributed by atoms with Crippen LogP contribution in [0, 0.1) is 5.92 Å². The fourth-order valence-electron chi connectivity index (χ4n) is 5.94. The Balaban J connectivity index is 1.63. The number of ether oxygens (including phenoxy) is 2. The van der Waals surface area contributed by atoms with Gasteiger partial charge in [0.1, 0.15) is 17.9 Å². The van der Waals surface area contributed by atoms with Crippen LogP contribution >= 0.6 is 0 Å². The number of amides is 1. The van der Waals surface area contributed by atoms with Crippen LogP contribution in [-0.4, -0.2) is 50.8 Å². The van der Waals surface area contributed by atoms with E-state index in [1.165, 1.54) is 12.1 Å². The number of aliphatic hydroxyl groups is 1. The molecule has 4 rings (SSSR count). The molecule has 2 aliphatic heterocycles. The molecule has 0 unspecified atom stereocenters. The fraction of sp³-hybridized carbons (Fsp3) is 0.548. The molecule has 7 nitrogen and oxygen atoms in total. The van der Waals surface area contributed by atoms with Gasteiger partial charge in [-0.2, -0.15) is 13.2 Å². The van der Waals surface area contributed by atoms with E-state index in [0.717, 1.165) is 36.3 Å². The van der Waals surface area contributed by atoms with Gasteiger partial charge < -0.3 is 24.6 Å². The van der Waals surface area contributed by atoms with Crippen LogP contribution in [-0.2, 0) is 22.3 Å². The first-order valence-corrected chi connectivity index (χ1v) is 13.9. The molecular weight excluding hydrogens is 539 g/mol. The Labute approximate surface area is 238 Å². The van der Waals surface area contributed by atoms with Gasteiger partial charge in [0.25, 0.3) is 5.91 Å². The average molecular weight is 578 g/mol. The maximum absolute atomic E-state index is 13.6. The lowest BCUT2D eigenvalue weighted by molar-refractivity contribution is -0.153. The predicted octanol–water partition coefficient (Wildman–Crippen LogP) is 6.38. The molecule has 4 atom stereocenters. The number of carboxylic acids is 1. The standard InChI is InChI=1S/C31H38F3NO6/c1-19-9-11-24-27(40-19)23-16-21(10-12-25(23)41-30(24,4)14-6-13-29(2,3)39)28(38)35(18-26(36)37)17-20-7-5-8-22(15-20)31(32,33)34/h5,7-8,10,12,15-16,19,24,27,39H,6,9,11,13-14,17-18H2,1-4H3,(H,36,37)/t19-,24-,27+,30-/m1/s1. The number of fused-ring (bicyclic) bond motifs is 3. The van der Waals surface area contributed by atoms with E-state index in [1.54, 1.807) is 32.0 Å². The van der Waals surface area contributed by atoms with Crippen molar-refractivity contribution in [3.8, 4) is 5.75 Å². The Morgan fingerprint density at radius 1 is 1.12 bits per heavy atom. The Morgan fingerprint density at radius 3 is 2.51 bits per heavy atom. The maximum atomic E-state index is 13.6. The molecular formula is C31H38F3NO6. The first-order chi connectivity index (χ1) is 19.1. The maximum Gasteiger partial charge on any atom is 0.416 e. The highest BCUT2D eigenvalue weighted by molar-refractivity contribution is 5.96. The van der Waals surface area contributed by atoms with Crippen molar-refractivity contribution in [3.63, 3.8) is 0 Å². The van der Waals surface area contributed by atoms with E-state index in [4.69, 9.17) is 9.47 Å². The number of aliphatic carboxylic acids is 1. The largest absolute Gasteiger partial charge is 0.487 e. The Kier molecular flexibility index (Phi) is 8.76. The highest BCUT2D eigenvalue weighted by Gasteiger charge is 2.49. The molecule has 2 aromatic rings. The molecule has 0 spiro atoms. The monoisotopic (exact) mass is 577 g/mol. The first-order valence-electron chi connectivity index (χ1n) is 13.9. The minimum atomic E-state index is -4.56. The predicted molar refractivity (Wildman–Crippen MR) is 145 cm³/mol. The third-order valence-electron chi connectivity index (χ3n) is 8.02. The molecule has 0 bridgehead atoms. The number of hydrogen-bond donors (Lipinski definition) is 2. The molecule has 41 heavy (non-hydrogen) atoms. The summed E-state index contributed by atoms with van der Waals surface area (Å²) < 4.78 is 52.6. The van der Waals surface area contributed by atoms with Gasteiger partial charge in [-0.05, 0) is 95.7 Å². The van der Waals surface area contributed by atoms with Crippen LogP contribution in [0.25, 0.3) is 0 Å². The van der Waals surface area contributed by atoms with Gasteiger partial charge in [0, 0.05) is 23.6 Å². The van der Waals surface area contributed by atoms with E-state index in [9.17, 15) is 33.0 Å². The average Bonchev–Trinajstić information content (AvgIpc) is 2.86. The summed E-state index contributed by atoms with van der Waals surface area (Å²) in [5.74, 6) is -1.33. The van der Waals surface area contributed by atoms with Crippen LogP contribution in [0.1, 0.15) is 93.0 Å². The van der Waals surface area contributed by atoms with E-state index in [2.05, 4.69) is 6.92 Å². The molecule has 1 amide bonds. The molecule has 0 aliphatic carbocycles. The van der Waals surface area contributed by atoms with Crippen molar-refractivity contribution in [1.82, 2.24) is 4.90 Å². The zero-order valence-electron chi connectivity index (χ0n) is 23.8. The van der Waals surface area contributed by atoms with E-state index in [0.29, 0.717) is 24.2 Å². The van der Waals surface area contributed by atoms with Crippen molar-refractivity contribution >= 4 is 11.9 Å². The zero-order chi connectivity index (χ0) is 30.2. The normalized spacial score (nSPS) is 24.1. The summed E-state index contributed by atoms with van der Waals surface area (Å²) >= 11 is 0. The summed E-state index contributed by atoms with van der Waals surface area (Å²) in [6.07, 6.45) is -1.14. The number of carbonyl (C=O) groups is 2. The molecule has 2 aromatic carbocycles. The van der Waals surface area contributed by atoms with E-state index < -0.39 is 41.4 Å². The Hall–Kier alpha value is -3.11. The minimum Gasteiger partial charge on any atom is -0.487 e. The van der Waals surface area contributed by atoms with Gasteiger partial charge in [0.15, 0.2) is 0 Å². The van der Waals surface area contributed by atoms with Gasteiger partial charge in [0.05, 0.1) is 23.4 Å². The second kappa shape index (κ2) is 11.6. The summed E-state index contributed by atoms with van der Waals surface area (Å²) in [4.78, 5) is 26.2. The number of carbonyl (C=O) groups excluding carboxylic acids is 1. The number of carboxylic acid groups (broad SMARTS) is 1. The van der Waals surface area contributed by atoms with Gasteiger partial charge in [-0.3, -0.25) is 9.59 Å². The van der Waals surface area contributed by atoms with Crippen molar-refractivity contribution in [2.24, 2.45) is 5.92 Å². The summed E-state index contributed by atoms with van der Waals surface area (Å²) in [5, 5.41) is 19.7. The third-order valence-corrected chi connectivity index (χ3v) is 8.02. The van der Waals surface area contributed by atoms with Crippen LogP contribution in [0.4, 0.5) is 13.2 Å². The van der Waals surface area contributed by atoms with Crippen molar-refractivity contribution in [2.75, 3.05) is 6.54 Å². The fourth-order valence-corrected chi connectivity index (χ4v) is 5.94. The number of hydrogen-bond acceptors (Lipinski definition) is 5. The lowest BCUT2D eigenvalue weighted by Crippen LogP contribution is -2.50. The minimum absolute atomic E-state index is 0.00131. The Morgan fingerprint density at radius 2 is 1.85 bits per heavy atom. The SMILES string of the molecule is C[C@@H]1CC[C@@H]2[C@@H](O1)c1cc(C(=O)N(CC(=O)O)Cc3cccc(C(F)(F)F)c3)ccc1O[C@]2(C)CCCC(C)(C)O. The number of rotatable bonds is 9. The highest BCUT2D eigenvalue weighted by Crippen LogP contribution is 2.52. The summed E-state index contributed by atoms with van der Waals surface area (Å²) in [5.41, 5.74) is -1.14. The first kappa shape index (κ1) is 30.8. The molecule has 0 aromatic heterocycles. The van der Waals surface area contributed by atoms with Gasteiger partial charge in [-0.25, -0.2) is 0 Å². The summed E-state index contributed by atoms with van der Waals surface area (Å²) in [7, 11) is 0. The molecule has 2 heterocycles. The van der Waals surface area contributed by atoms with Crippen LogP contribution in [0.2, 0.25) is 0 Å². The van der Waals surface area contributed by atoms with E-state index in [1.807, 2.05) is 6.92 Å². The van der Waals surface area contributed by atoms with Crippen molar-refractivity contribution < 1.29 is 42.4 Å². The Bertz CT molecular complexity index is 1270. The molecule has 1 fully saturated rings. The molecule has 0 saturated carbocycles. The van der Waals surface area contributed by atoms with Gasteiger partial charge in [-0.15, -0.1) is 0 Å². The number of halogens is 3. The second-order valence-corrected chi connectivity index (χ2v) is 12.1. The van der Waals surface area contributed by atoms with E-state index in [-0.39, 0.29) is 35.8 Å². The third kappa shape index (κ3) is 7.40. The lowest BCUT2D eigenvalue weighted by Gasteiger charge is -2.50. The quantitative estimate of drug-likeness (QED) is 0.359. The molecule has 2 N–H and O–H groups in total. The van der Waals surface area contributed by atoms with Crippen LogP contribution < -0.4 is 4.74 Å². The van der Waals surface area contributed by atoms with Gasteiger partial charge in [0.2, 0.25) is 0 Å². The van der Waals surface area contributed by atoms with Crippen LogP contribution in [0.3, 0.4) is 0 Å². The zero-order valence-corrected chi connectivity index (χ0v) is 23.8. The molecule has 224 valence electrons. The van der Waals surface area contributed by atoms with E-state index >= 15 is 0 Å². The number of benzene rings is 2. The van der Waals surface area contributed by atoms with Gasteiger partial charge in [-0.1, -0.05) is 12.1 Å². The van der Waals surface area contributed by atoms with Gasteiger partial charge >= 0.3 is 12.1 Å². The molecule has 10 heteroatoms. The molecule has 0 radical (unpaired) electrons. The lowest BCUT2D eigenvalue weighted by atomic mass is 9.72. The second-order valence-electron chi connectivity index (χ2n) is 12.1. The smallest absolute Gasteiger partial charge is 0.416 e. The summed E-state index contributed by atoms with van der Waals surface area (Å²) in [6, 6.07) is 9.40. The molecule has 2 aliphatic rings. The summed E-state index contributed by atoms with van der Waals surface area (Å²) in [6.45, 7) is 6.62. The topological polar surface area (TPSA) is 96.3 Å². The van der Waals surface area contributed by atoms with Crippen molar-refractivity contribution in [3.05, 3.63) is 64.7 Å². The van der Waals surface area contributed by atoms with Crippen LogP contribution in [0.5, 0.6) is 5.75 Å². The van der Waals surface area contributed by atoms with Crippen LogP contribution in [0.15, 0.2) is 42.5 Å². The highest BCUT2D eigenvalue weighted by atomic mass is 19.4. The van der Waals surface area contributed by atoms with Crippen molar-refractivity contribution in [2.45, 2.75) is 95.9 Å². The number of nitrogens with zero attached hydrogens (tertiary/aromatic N) is 1. The molecule has 1 saturated heterocycles. The number of alkyl halides is 3. The van der Waals surface area contributed by atoms with Crippen molar-refractivity contribution in [1.29, 1.82) is 0 Å².